The van der Waals surface area contributed by atoms with Crippen molar-refractivity contribution in [1.82, 2.24) is 9.97 Å². The van der Waals surface area contributed by atoms with Crippen molar-refractivity contribution in [2.45, 2.75) is 25.7 Å². The Bertz CT molecular complexity index is 1230. The van der Waals surface area contributed by atoms with Crippen LogP contribution in [0.3, 0.4) is 0 Å². The molecule has 2 aromatic heterocycles. The SMILES string of the molecule is O/N=C/c1ccnc2ccccc12.O/N=C/c1ccnc2ccccc12.O=C(O)CCCCC(=O)O. The van der Waals surface area contributed by atoms with E-state index >= 15 is 0 Å². The number of fused-ring (bicyclic) bond motifs is 2. The minimum Gasteiger partial charge on any atom is -0.481 e. The molecule has 0 spiro atoms. The summed E-state index contributed by atoms with van der Waals surface area (Å²) in [5, 5.41) is 41.1. The third-order valence-electron chi connectivity index (χ3n) is 4.79. The molecule has 0 aliphatic carbocycles. The van der Waals surface area contributed by atoms with E-state index in [0.717, 1.165) is 32.9 Å². The molecule has 0 bridgehead atoms. The van der Waals surface area contributed by atoms with E-state index in [0.29, 0.717) is 12.8 Å². The van der Waals surface area contributed by atoms with E-state index in [1.54, 1.807) is 12.4 Å². The Hall–Kier alpha value is -4.86. The summed E-state index contributed by atoms with van der Waals surface area (Å²) in [7, 11) is 0. The van der Waals surface area contributed by atoms with Gasteiger partial charge in [0.15, 0.2) is 0 Å². The minimum atomic E-state index is -0.870. The molecular weight excluding hydrogens is 464 g/mol. The molecule has 10 heteroatoms. The lowest BCUT2D eigenvalue weighted by Gasteiger charge is -1.98. The number of carboxylic acids is 2. The second-order valence-electron chi connectivity index (χ2n) is 7.32. The first-order valence-corrected chi connectivity index (χ1v) is 10.9. The van der Waals surface area contributed by atoms with Gasteiger partial charge in [-0.15, -0.1) is 0 Å². The van der Waals surface area contributed by atoms with Gasteiger partial charge in [0.05, 0.1) is 23.5 Å². The van der Waals surface area contributed by atoms with Crippen molar-refractivity contribution in [3.05, 3.63) is 84.2 Å². The molecule has 4 aromatic rings. The summed E-state index contributed by atoms with van der Waals surface area (Å²) >= 11 is 0. The van der Waals surface area contributed by atoms with Gasteiger partial charge in [0.2, 0.25) is 0 Å². The summed E-state index contributed by atoms with van der Waals surface area (Å²) < 4.78 is 0. The molecule has 0 amide bonds. The van der Waals surface area contributed by atoms with Crippen molar-refractivity contribution in [2.75, 3.05) is 0 Å². The molecule has 2 aromatic carbocycles. The molecule has 0 fully saturated rings. The first kappa shape index (κ1) is 27.4. The maximum absolute atomic E-state index is 9.90. The van der Waals surface area contributed by atoms with Crippen molar-refractivity contribution in [3.63, 3.8) is 0 Å². The van der Waals surface area contributed by atoms with Crippen LogP contribution < -0.4 is 0 Å². The quantitative estimate of drug-likeness (QED) is 0.124. The molecule has 186 valence electrons. The summed E-state index contributed by atoms with van der Waals surface area (Å²) in [6, 6.07) is 19.1. The molecule has 0 aliphatic heterocycles. The number of aromatic nitrogens is 2. The number of benzene rings is 2. The number of carboxylic acid groups (broad SMARTS) is 2. The number of carbonyl (C=O) groups is 2. The molecule has 2 heterocycles. The first-order chi connectivity index (χ1) is 17.5. The molecule has 0 aliphatic rings. The van der Waals surface area contributed by atoms with Crippen molar-refractivity contribution in [2.24, 2.45) is 10.3 Å². The van der Waals surface area contributed by atoms with E-state index in [2.05, 4.69) is 20.3 Å². The highest BCUT2D eigenvalue weighted by Crippen LogP contribution is 2.14. The summed E-state index contributed by atoms with van der Waals surface area (Å²) in [5.74, 6) is -1.74. The zero-order valence-corrected chi connectivity index (χ0v) is 19.3. The number of aliphatic carboxylic acids is 2. The highest BCUT2D eigenvalue weighted by atomic mass is 16.4. The van der Waals surface area contributed by atoms with Crippen LogP contribution in [0.15, 0.2) is 83.4 Å². The third kappa shape index (κ3) is 9.18. The topological polar surface area (TPSA) is 166 Å². The zero-order chi connectivity index (χ0) is 26.2. The molecule has 0 unspecified atom stereocenters. The number of unbranched alkanes of at least 4 members (excludes halogenated alkanes) is 1. The Morgan fingerprint density at radius 2 is 1.06 bits per heavy atom. The van der Waals surface area contributed by atoms with E-state index in [9.17, 15) is 9.59 Å². The van der Waals surface area contributed by atoms with Gasteiger partial charge in [-0.2, -0.15) is 0 Å². The standard InChI is InChI=1S/2C10H8N2O.C6H10O4/c2*13-12-7-8-5-6-11-10-4-2-1-3-9(8)10;7-5(8)3-1-2-4-6(9)10/h2*1-7,13H;1-4H2,(H,7,8)(H,9,10)/b2*12-7+;. The molecule has 36 heavy (non-hydrogen) atoms. The van der Waals surface area contributed by atoms with E-state index < -0.39 is 11.9 Å². The van der Waals surface area contributed by atoms with Gasteiger partial charge < -0.3 is 20.6 Å². The average Bonchev–Trinajstić information content (AvgIpc) is 2.88. The Labute approximate surface area is 206 Å². The summed E-state index contributed by atoms with van der Waals surface area (Å²) in [6.45, 7) is 0. The lowest BCUT2D eigenvalue weighted by atomic mass is 10.1. The zero-order valence-electron chi connectivity index (χ0n) is 19.3. The third-order valence-corrected chi connectivity index (χ3v) is 4.79. The lowest BCUT2D eigenvalue weighted by molar-refractivity contribution is -0.139. The van der Waals surface area contributed by atoms with Crippen LogP contribution in [0.25, 0.3) is 21.8 Å². The van der Waals surface area contributed by atoms with Crippen LogP contribution in [0.4, 0.5) is 0 Å². The molecule has 0 radical (unpaired) electrons. The van der Waals surface area contributed by atoms with E-state index in [1.165, 1.54) is 12.4 Å². The van der Waals surface area contributed by atoms with Gasteiger partial charge in [-0.05, 0) is 37.1 Å². The van der Waals surface area contributed by atoms with Gasteiger partial charge in [-0.3, -0.25) is 19.6 Å². The number of hydrogen-bond acceptors (Lipinski definition) is 8. The smallest absolute Gasteiger partial charge is 0.303 e. The fourth-order valence-electron chi connectivity index (χ4n) is 3.14. The molecule has 10 nitrogen and oxygen atoms in total. The van der Waals surface area contributed by atoms with Crippen LogP contribution in [0.2, 0.25) is 0 Å². The molecule has 4 N–H and O–H groups in total. The predicted molar refractivity (Wildman–Crippen MR) is 136 cm³/mol. The number of rotatable bonds is 7. The minimum absolute atomic E-state index is 0.0628. The lowest BCUT2D eigenvalue weighted by Crippen LogP contribution is -1.97. The Morgan fingerprint density at radius 3 is 1.42 bits per heavy atom. The number of pyridine rings is 2. The Morgan fingerprint density at radius 1 is 0.667 bits per heavy atom. The van der Waals surface area contributed by atoms with Crippen molar-refractivity contribution in [1.29, 1.82) is 0 Å². The van der Waals surface area contributed by atoms with E-state index in [1.807, 2.05) is 60.7 Å². The van der Waals surface area contributed by atoms with Crippen LogP contribution in [0.5, 0.6) is 0 Å². The molecule has 0 saturated heterocycles. The van der Waals surface area contributed by atoms with Crippen molar-refractivity contribution >= 4 is 46.2 Å². The van der Waals surface area contributed by atoms with Gasteiger partial charge in [0.25, 0.3) is 0 Å². The second kappa shape index (κ2) is 15.1. The van der Waals surface area contributed by atoms with Crippen molar-refractivity contribution < 1.29 is 30.2 Å². The van der Waals surface area contributed by atoms with Gasteiger partial charge >= 0.3 is 11.9 Å². The fraction of sp³-hybridized carbons (Fsp3) is 0.154. The van der Waals surface area contributed by atoms with Gasteiger partial charge in [0.1, 0.15) is 0 Å². The predicted octanol–water partition coefficient (Wildman–Crippen LogP) is 4.80. The number of para-hydroxylation sites is 2. The van der Waals surface area contributed by atoms with E-state index in [4.69, 9.17) is 20.6 Å². The number of hydrogen-bond donors (Lipinski definition) is 4. The van der Waals surface area contributed by atoms with Gasteiger partial charge in [-0.25, -0.2) is 0 Å². The summed E-state index contributed by atoms with van der Waals surface area (Å²) in [4.78, 5) is 28.2. The molecule has 0 atom stereocenters. The first-order valence-electron chi connectivity index (χ1n) is 10.9. The van der Waals surface area contributed by atoms with E-state index in [-0.39, 0.29) is 12.8 Å². The van der Waals surface area contributed by atoms with Crippen LogP contribution in [0, 0.1) is 0 Å². The normalized spacial score (nSPS) is 10.6. The second-order valence-corrected chi connectivity index (χ2v) is 7.32. The molecule has 0 saturated carbocycles. The maximum atomic E-state index is 9.90. The summed E-state index contributed by atoms with van der Waals surface area (Å²) in [6.07, 6.45) is 7.22. The van der Waals surface area contributed by atoms with Crippen molar-refractivity contribution in [3.8, 4) is 0 Å². The average molecular weight is 491 g/mol. The highest BCUT2D eigenvalue weighted by Gasteiger charge is 2.00. The monoisotopic (exact) mass is 490 g/mol. The Balaban J connectivity index is 0.000000193. The number of oxime groups is 2. The Kier molecular flexibility index (Phi) is 11.5. The fourth-order valence-corrected chi connectivity index (χ4v) is 3.14. The van der Waals surface area contributed by atoms with Gasteiger partial charge in [0, 0.05) is 47.1 Å². The van der Waals surface area contributed by atoms with Crippen LogP contribution in [0.1, 0.15) is 36.8 Å². The number of nitrogens with zero attached hydrogens (tertiary/aromatic N) is 4. The largest absolute Gasteiger partial charge is 0.481 e. The molecular formula is C26H26N4O6. The highest BCUT2D eigenvalue weighted by molar-refractivity contribution is 5.98. The molecule has 4 rings (SSSR count). The summed E-state index contributed by atoms with van der Waals surface area (Å²) in [5.41, 5.74) is 3.54. The maximum Gasteiger partial charge on any atom is 0.303 e. The van der Waals surface area contributed by atoms with Crippen LogP contribution in [-0.2, 0) is 9.59 Å². The van der Waals surface area contributed by atoms with Gasteiger partial charge in [-0.1, -0.05) is 46.7 Å². The van der Waals surface area contributed by atoms with Crippen LogP contribution >= 0.6 is 0 Å². The van der Waals surface area contributed by atoms with Crippen LogP contribution in [-0.4, -0.2) is 55.0 Å².